The predicted molar refractivity (Wildman–Crippen MR) is 101 cm³/mol. The molecule has 28 heavy (non-hydrogen) atoms. The summed E-state index contributed by atoms with van der Waals surface area (Å²) in [4.78, 5) is 0. The summed E-state index contributed by atoms with van der Waals surface area (Å²) in [6, 6.07) is 14.3. The highest BCUT2D eigenvalue weighted by Gasteiger charge is 2.02. The molecule has 0 saturated heterocycles. The van der Waals surface area contributed by atoms with Crippen LogP contribution in [-0.4, -0.2) is 50.7 Å². The van der Waals surface area contributed by atoms with E-state index in [0.717, 1.165) is 11.1 Å². The van der Waals surface area contributed by atoms with E-state index in [0.29, 0.717) is 11.5 Å². The fourth-order valence-corrected chi connectivity index (χ4v) is 3.28. The number of rotatable bonds is 11. The third-order valence-electron chi connectivity index (χ3n) is 3.66. The van der Waals surface area contributed by atoms with E-state index in [1.807, 2.05) is 24.3 Å². The van der Waals surface area contributed by atoms with E-state index >= 15 is 0 Å². The van der Waals surface area contributed by atoms with Crippen LogP contribution in [0.5, 0.6) is 11.5 Å². The third-order valence-corrected chi connectivity index (χ3v) is 5.23. The van der Waals surface area contributed by atoms with Gasteiger partial charge in [0, 0.05) is 11.5 Å². The van der Waals surface area contributed by atoms with Gasteiger partial charge in [-0.05, 0) is 48.2 Å². The molecule has 10 heteroatoms. The van der Waals surface area contributed by atoms with Crippen molar-refractivity contribution in [1.82, 2.24) is 0 Å². The molecule has 2 rings (SSSR count). The van der Waals surface area contributed by atoms with Crippen LogP contribution < -0.4 is 9.47 Å². The van der Waals surface area contributed by atoms with Gasteiger partial charge in [0.05, 0.1) is 33.5 Å². The second kappa shape index (κ2) is 9.87. The minimum absolute atomic E-state index is 0.135. The highest BCUT2D eigenvalue weighted by atomic mass is 32.2. The van der Waals surface area contributed by atoms with E-state index < -0.39 is 31.7 Å². The quantitative estimate of drug-likeness (QED) is 0.392. The van der Waals surface area contributed by atoms with E-state index in [1.54, 1.807) is 24.3 Å². The van der Waals surface area contributed by atoms with Crippen molar-refractivity contribution in [3.8, 4) is 22.6 Å². The number of hydrogen-bond donors (Lipinski definition) is 0. The van der Waals surface area contributed by atoms with Gasteiger partial charge in [0.1, 0.15) is 11.5 Å². The molecule has 0 radical (unpaired) electrons. The van der Waals surface area contributed by atoms with Crippen molar-refractivity contribution >= 4 is 20.2 Å². The lowest BCUT2D eigenvalue weighted by atomic mass is 10.1. The lowest BCUT2D eigenvalue weighted by Gasteiger charge is -2.10. The van der Waals surface area contributed by atoms with Crippen LogP contribution in [0.4, 0.5) is 0 Å². The SMILES string of the molecule is O=S(=O)([O-])CCCOc1ccc(-c2ccc(OCCCS(=O)(=O)[O-])cc2)cc1. The summed E-state index contributed by atoms with van der Waals surface area (Å²) in [6.45, 7) is 0.279. The Morgan fingerprint density at radius 2 is 0.929 bits per heavy atom. The Balaban J connectivity index is 1.83. The Bertz CT molecular complexity index is 868. The van der Waals surface area contributed by atoms with Crippen molar-refractivity contribution in [2.75, 3.05) is 24.7 Å². The zero-order valence-corrected chi connectivity index (χ0v) is 16.6. The molecule has 0 aromatic heterocycles. The molecule has 2 aromatic rings. The van der Waals surface area contributed by atoms with E-state index in [9.17, 15) is 25.9 Å². The number of ether oxygens (including phenoxy) is 2. The first-order chi connectivity index (χ1) is 13.1. The second-order valence-electron chi connectivity index (χ2n) is 5.98. The molecular formula is C18H20O8S2-2. The normalized spacial score (nSPS) is 11.9. The van der Waals surface area contributed by atoms with Gasteiger partial charge in [0.2, 0.25) is 0 Å². The van der Waals surface area contributed by atoms with E-state index in [-0.39, 0.29) is 26.1 Å². The van der Waals surface area contributed by atoms with Crippen LogP contribution in [0.3, 0.4) is 0 Å². The molecule has 0 aliphatic carbocycles. The van der Waals surface area contributed by atoms with Crippen LogP contribution in [0.25, 0.3) is 11.1 Å². The van der Waals surface area contributed by atoms with Crippen LogP contribution in [0, 0.1) is 0 Å². The lowest BCUT2D eigenvalue weighted by molar-refractivity contribution is 0.315. The summed E-state index contributed by atoms with van der Waals surface area (Å²) in [5.74, 6) is 0.235. The van der Waals surface area contributed by atoms with Gasteiger partial charge in [-0.3, -0.25) is 0 Å². The summed E-state index contributed by atoms with van der Waals surface area (Å²) < 4.78 is 74.0. The number of hydrogen-bond acceptors (Lipinski definition) is 8. The van der Waals surface area contributed by atoms with Gasteiger partial charge in [-0.25, -0.2) is 16.8 Å². The first-order valence-corrected chi connectivity index (χ1v) is 11.6. The maximum absolute atomic E-state index is 10.5. The molecule has 0 saturated carbocycles. The first kappa shape index (κ1) is 22.2. The molecule has 0 unspecified atom stereocenters. The molecular weight excluding hydrogens is 408 g/mol. The highest BCUT2D eigenvalue weighted by molar-refractivity contribution is 7.85. The lowest BCUT2D eigenvalue weighted by Crippen LogP contribution is -2.08. The van der Waals surface area contributed by atoms with Crippen molar-refractivity contribution in [1.29, 1.82) is 0 Å². The Labute approximate surface area is 164 Å². The molecule has 0 amide bonds. The van der Waals surface area contributed by atoms with Crippen LogP contribution >= 0.6 is 0 Å². The zero-order valence-electron chi connectivity index (χ0n) is 14.9. The van der Waals surface area contributed by atoms with E-state index in [2.05, 4.69) is 0 Å². The molecule has 0 spiro atoms. The molecule has 0 N–H and O–H groups in total. The third kappa shape index (κ3) is 8.70. The molecule has 0 aliphatic heterocycles. The average molecular weight is 428 g/mol. The fraction of sp³-hybridized carbons (Fsp3) is 0.333. The van der Waals surface area contributed by atoms with Gasteiger partial charge in [0.15, 0.2) is 0 Å². The average Bonchev–Trinajstić information content (AvgIpc) is 2.62. The Morgan fingerprint density at radius 3 is 1.21 bits per heavy atom. The van der Waals surface area contributed by atoms with Gasteiger partial charge in [-0.1, -0.05) is 24.3 Å². The smallest absolute Gasteiger partial charge is 0.119 e. The van der Waals surface area contributed by atoms with Crippen molar-refractivity contribution in [2.45, 2.75) is 12.8 Å². The largest absolute Gasteiger partial charge is 0.748 e. The van der Waals surface area contributed by atoms with Gasteiger partial charge in [0.25, 0.3) is 0 Å². The van der Waals surface area contributed by atoms with Gasteiger partial charge in [-0.2, -0.15) is 0 Å². The molecule has 2 aromatic carbocycles. The van der Waals surface area contributed by atoms with Crippen molar-refractivity contribution in [2.24, 2.45) is 0 Å². The molecule has 0 fully saturated rings. The molecule has 0 heterocycles. The highest BCUT2D eigenvalue weighted by Crippen LogP contribution is 2.24. The molecule has 154 valence electrons. The van der Waals surface area contributed by atoms with Crippen LogP contribution in [-0.2, 0) is 20.2 Å². The van der Waals surface area contributed by atoms with E-state index in [4.69, 9.17) is 9.47 Å². The summed E-state index contributed by atoms with van der Waals surface area (Å²) in [5, 5.41) is 0. The van der Waals surface area contributed by atoms with E-state index in [1.165, 1.54) is 0 Å². The van der Waals surface area contributed by atoms with Crippen molar-refractivity contribution < 1.29 is 35.4 Å². The monoisotopic (exact) mass is 428 g/mol. The van der Waals surface area contributed by atoms with Gasteiger partial charge < -0.3 is 18.6 Å². The van der Waals surface area contributed by atoms with Gasteiger partial charge >= 0.3 is 0 Å². The van der Waals surface area contributed by atoms with Crippen molar-refractivity contribution in [3.05, 3.63) is 48.5 Å². The first-order valence-electron chi connectivity index (χ1n) is 8.46. The zero-order chi connectivity index (χ0) is 20.6. The minimum Gasteiger partial charge on any atom is -0.748 e. The summed E-state index contributed by atoms with van der Waals surface area (Å²) in [5.41, 5.74) is 1.86. The molecule has 0 atom stereocenters. The molecule has 0 bridgehead atoms. The summed E-state index contributed by atoms with van der Waals surface area (Å²) in [6.07, 6.45) is 0.269. The predicted octanol–water partition coefficient (Wildman–Crippen LogP) is 1.98. The van der Waals surface area contributed by atoms with Crippen LogP contribution in [0.15, 0.2) is 48.5 Å². The molecule has 8 nitrogen and oxygen atoms in total. The Morgan fingerprint density at radius 1 is 0.607 bits per heavy atom. The van der Waals surface area contributed by atoms with Gasteiger partial charge in [-0.15, -0.1) is 0 Å². The maximum atomic E-state index is 10.5. The Hall–Kier alpha value is -2.14. The second-order valence-corrected chi connectivity index (χ2v) is 9.02. The van der Waals surface area contributed by atoms with Crippen LogP contribution in [0.1, 0.15) is 12.8 Å². The standard InChI is InChI=1S/C18H22O8S2/c19-27(20,21)13-1-11-25-17-7-3-15(4-8-17)16-5-9-18(10-6-16)26-12-2-14-28(22,23)24/h3-10H,1-2,11-14H2,(H,19,20,21)(H,22,23,24)/p-2. The fourth-order valence-electron chi connectivity index (χ4n) is 2.34. The Kier molecular flexibility index (Phi) is 7.81. The maximum Gasteiger partial charge on any atom is 0.119 e. The summed E-state index contributed by atoms with van der Waals surface area (Å²) >= 11 is 0. The number of benzene rings is 2. The topological polar surface area (TPSA) is 133 Å². The van der Waals surface area contributed by atoms with Crippen molar-refractivity contribution in [3.63, 3.8) is 0 Å². The summed E-state index contributed by atoms with van der Waals surface area (Å²) in [7, 11) is -8.44. The van der Waals surface area contributed by atoms with Crippen LogP contribution in [0.2, 0.25) is 0 Å². The minimum atomic E-state index is -4.22. The molecule has 0 aliphatic rings.